The average Bonchev–Trinajstić information content (AvgIpc) is 3.24. The quantitative estimate of drug-likeness (QED) is 0.364. The monoisotopic (exact) mass is 296 g/mol. The number of aryl methyl sites for hydroxylation is 1. The minimum absolute atomic E-state index is 0.404. The molecule has 1 unspecified atom stereocenters. The topological polar surface area (TPSA) is 144 Å². The second kappa shape index (κ2) is 7.37. The van der Waals surface area contributed by atoms with Crippen molar-refractivity contribution in [1.29, 1.82) is 0 Å². The Morgan fingerprint density at radius 2 is 1.75 bits per heavy atom. The fraction of sp³-hybridized carbons (Fsp3) is 0.400. The van der Waals surface area contributed by atoms with Crippen LogP contribution in [0.25, 0.3) is 20.9 Å². The summed E-state index contributed by atoms with van der Waals surface area (Å²) in [5.41, 5.74) is 17.8. The van der Waals surface area contributed by atoms with E-state index in [0.29, 0.717) is 6.10 Å². The molecule has 1 aliphatic rings. The van der Waals surface area contributed by atoms with Crippen LogP contribution in [-0.4, -0.2) is 15.0 Å². The highest BCUT2D eigenvalue weighted by Gasteiger charge is 2.23. The number of azide groups is 1. The first-order chi connectivity index (χ1) is 9.52. The Morgan fingerprint density at radius 3 is 2.10 bits per heavy atom. The van der Waals surface area contributed by atoms with Crippen LogP contribution in [0.5, 0.6) is 0 Å². The molecule has 0 radical (unpaired) electrons. The highest BCUT2D eigenvalue weighted by molar-refractivity contribution is 7.88. The van der Waals surface area contributed by atoms with Crippen molar-refractivity contribution in [1.82, 2.24) is 0 Å². The summed E-state index contributed by atoms with van der Waals surface area (Å²) in [7, 11) is -4.27. The molecule has 1 saturated heterocycles. The molecule has 1 aliphatic heterocycles. The number of rotatable bonds is 4. The van der Waals surface area contributed by atoms with Crippen LogP contribution in [0.1, 0.15) is 24.2 Å². The SMILES string of the molecule is CCc1ccc(C2CO2)cc1.[N-]=[N+]=NS(=O)(=O)N=[N+]=[N-]. The third kappa shape index (κ3) is 5.59. The molecule has 1 atom stereocenters. The molecular weight excluding hydrogens is 284 g/mol. The fourth-order valence-corrected chi connectivity index (χ4v) is 1.53. The molecule has 0 aliphatic carbocycles. The molecule has 9 nitrogen and oxygen atoms in total. The zero-order valence-electron chi connectivity index (χ0n) is 10.6. The summed E-state index contributed by atoms with van der Waals surface area (Å²) in [5.74, 6) is 0. The predicted octanol–water partition coefficient (Wildman–Crippen LogP) is 3.17. The van der Waals surface area contributed by atoms with Crippen molar-refractivity contribution in [3.05, 3.63) is 56.3 Å². The van der Waals surface area contributed by atoms with Gasteiger partial charge in [0.05, 0.1) is 6.61 Å². The summed E-state index contributed by atoms with van der Waals surface area (Å²) in [6, 6.07) is 8.68. The van der Waals surface area contributed by atoms with Crippen molar-refractivity contribution in [2.75, 3.05) is 6.61 Å². The normalized spacial score (nSPS) is 15.9. The highest BCUT2D eigenvalue weighted by Crippen LogP contribution is 2.29. The molecule has 20 heavy (non-hydrogen) atoms. The molecular formula is C10H12N6O3S. The summed E-state index contributed by atoms with van der Waals surface area (Å²) in [6.45, 7) is 3.08. The van der Waals surface area contributed by atoms with Gasteiger partial charge < -0.3 is 4.74 Å². The average molecular weight is 296 g/mol. The molecule has 10 heteroatoms. The van der Waals surface area contributed by atoms with Gasteiger partial charge in [-0.2, -0.15) is 0 Å². The van der Waals surface area contributed by atoms with E-state index in [2.05, 4.69) is 40.2 Å². The second-order valence-corrected chi connectivity index (χ2v) is 4.93. The summed E-state index contributed by atoms with van der Waals surface area (Å²) >= 11 is 0. The zero-order valence-corrected chi connectivity index (χ0v) is 11.4. The van der Waals surface area contributed by atoms with Crippen LogP contribution in [0.3, 0.4) is 0 Å². The smallest absolute Gasteiger partial charge is 0.321 e. The van der Waals surface area contributed by atoms with Gasteiger partial charge in [-0.15, -0.1) is 0 Å². The van der Waals surface area contributed by atoms with E-state index in [1.54, 1.807) is 0 Å². The van der Waals surface area contributed by atoms with E-state index in [1.165, 1.54) is 11.1 Å². The van der Waals surface area contributed by atoms with Crippen LogP contribution < -0.4 is 0 Å². The van der Waals surface area contributed by atoms with Gasteiger partial charge in [-0.25, -0.2) is 8.42 Å². The van der Waals surface area contributed by atoms with Gasteiger partial charge in [-0.3, -0.25) is 0 Å². The number of hydrogen-bond donors (Lipinski definition) is 0. The summed E-state index contributed by atoms with van der Waals surface area (Å²) in [5, 5.41) is 0. The van der Waals surface area contributed by atoms with Gasteiger partial charge in [-0.1, -0.05) is 31.2 Å². The Morgan fingerprint density at radius 1 is 1.25 bits per heavy atom. The van der Waals surface area contributed by atoms with Gasteiger partial charge in [0.1, 0.15) is 6.10 Å². The standard InChI is InChI=1S/C10H12O.N6O2S/c1-2-8-3-5-9(6-4-8)10-7-11-10;1-3-5-9(7,8)6-4-2/h3-6,10H,2,7H2,1H3;. The van der Waals surface area contributed by atoms with Crippen molar-refractivity contribution >= 4 is 10.2 Å². The van der Waals surface area contributed by atoms with Gasteiger partial charge in [0.15, 0.2) is 0 Å². The number of benzene rings is 1. The maximum atomic E-state index is 9.99. The number of epoxide rings is 1. The molecule has 0 aromatic heterocycles. The fourth-order valence-electron chi connectivity index (χ4n) is 1.32. The Labute approximate surface area is 115 Å². The molecule has 2 rings (SSSR count). The molecule has 1 heterocycles. The van der Waals surface area contributed by atoms with Crippen LogP contribution in [0, 0.1) is 0 Å². The molecule has 1 aromatic rings. The lowest BCUT2D eigenvalue weighted by atomic mass is 10.1. The van der Waals surface area contributed by atoms with Crippen molar-refractivity contribution < 1.29 is 13.2 Å². The molecule has 0 amide bonds. The summed E-state index contributed by atoms with van der Waals surface area (Å²) in [4.78, 5) is 3.80. The first kappa shape index (κ1) is 15.8. The predicted molar refractivity (Wildman–Crippen MR) is 71.7 cm³/mol. The third-order valence-electron chi connectivity index (χ3n) is 2.37. The van der Waals surface area contributed by atoms with E-state index in [1.807, 2.05) is 9.82 Å². The summed E-state index contributed by atoms with van der Waals surface area (Å²) < 4.78 is 29.5. The largest absolute Gasteiger partial charge is 0.368 e. The van der Waals surface area contributed by atoms with E-state index < -0.39 is 10.2 Å². The van der Waals surface area contributed by atoms with Crippen molar-refractivity contribution in [2.24, 2.45) is 9.04 Å². The van der Waals surface area contributed by atoms with Crippen LogP contribution in [0.15, 0.2) is 33.3 Å². The zero-order chi connectivity index (χ0) is 15.0. The molecule has 0 saturated carbocycles. The van der Waals surface area contributed by atoms with E-state index >= 15 is 0 Å². The van der Waals surface area contributed by atoms with E-state index in [9.17, 15) is 8.42 Å². The Hall–Kier alpha value is -2.25. The molecule has 1 aromatic carbocycles. The lowest BCUT2D eigenvalue weighted by molar-refractivity contribution is 0.415. The van der Waals surface area contributed by atoms with Crippen molar-refractivity contribution in [3.63, 3.8) is 0 Å². The van der Waals surface area contributed by atoms with Gasteiger partial charge in [0, 0.05) is 18.9 Å². The van der Waals surface area contributed by atoms with E-state index in [0.717, 1.165) is 13.0 Å². The van der Waals surface area contributed by atoms with E-state index in [4.69, 9.17) is 15.8 Å². The van der Waals surface area contributed by atoms with Crippen LogP contribution >= 0.6 is 0 Å². The van der Waals surface area contributed by atoms with Gasteiger partial charge in [0.25, 0.3) is 0 Å². The molecule has 0 bridgehead atoms. The van der Waals surface area contributed by atoms with Crippen LogP contribution in [0.4, 0.5) is 0 Å². The van der Waals surface area contributed by atoms with Crippen LogP contribution in [0.2, 0.25) is 0 Å². The first-order valence-electron chi connectivity index (χ1n) is 5.60. The Kier molecular flexibility index (Phi) is 5.82. The maximum Gasteiger partial charge on any atom is 0.321 e. The molecule has 106 valence electrons. The lowest BCUT2D eigenvalue weighted by Gasteiger charge is -1.97. The van der Waals surface area contributed by atoms with Crippen molar-refractivity contribution in [2.45, 2.75) is 19.4 Å². The molecule has 0 N–H and O–H groups in total. The Bertz CT molecular complexity index is 616. The number of hydrogen-bond acceptors (Lipinski definition) is 3. The highest BCUT2D eigenvalue weighted by atomic mass is 32.2. The minimum atomic E-state index is -4.27. The molecule has 0 spiro atoms. The number of ether oxygens (including phenoxy) is 1. The maximum absolute atomic E-state index is 9.99. The first-order valence-corrected chi connectivity index (χ1v) is 7.00. The summed E-state index contributed by atoms with van der Waals surface area (Å²) in [6.07, 6.45) is 1.52. The van der Waals surface area contributed by atoms with Gasteiger partial charge in [0.2, 0.25) is 0 Å². The second-order valence-electron chi connectivity index (χ2n) is 3.71. The van der Waals surface area contributed by atoms with Crippen LogP contribution in [-0.2, 0) is 21.4 Å². The molecule has 1 fully saturated rings. The minimum Gasteiger partial charge on any atom is -0.368 e. The Balaban J connectivity index is 0.000000206. The lowest BCUT2D eigenvalue weighted by Crippen LogP contribution is -1.82. The third-order valence-corrected chi connectivity index (χ3v) is 2.93. The van der Waals surface area contributed by atoms with Gasteiger partial charge >= 0.3 is 10.2 Å². The van der Waals surface area contributed by atoms with E-state index in [-0.39, 0.29) is 0 Å². The van der Waals surface area contributed by atoms with Gasteiger partial charge in [-0.05, 0) is 28.6 Å². The van der Waals surface area contributed by atoms with Crippen molar-refractivity contribution in [3.8, 4) is 0 Å². The number of nitrogens with zero attached hydrogens (tertiary/aromatic N) is 6.